The van der Waals surface area contributed by atoms with Crippen LogP contribution in [0.5, 0.6) is 0 Å². The van der Waals surface area contributed by atoms with Crippen molar-refractivity contribution in [3.05, 3.63) is 23.8 Å². The lowest BCUT2D eigenvalue weighted by Crippen LogP contribution is -2.43. The molecule has 0 saturated carbocycles. The number of hydrogen-bond acceptors (Lipinski definition) is 4. The molecule has 1 unspecified atom stereocenters. The van der Waals surface area contributed by atoms with Gasteiger partial charge in [-0.25, -0.2) is 9.97 Å². The van der Waals surface area contributed by atoms with Gasteiger partial charge >= 0.3 is 0 Å². The number of carbonyl (C=O) groups is 1. The summed E-state index contributed by atoms with van der Waals surface area (Å²) in [7, 11) is 0. The van der Waals surface area contributed by atoms with Gasteiger partial charge in [-0.3, -0.25) is 10.1 Å². The van der Waals surface area contributed by atoms with Crippen molar-refractivity contribution in [2.75, 3.05) is 6.54 Å². The van der Waals surface area contributed by atoms with E-state index in [1.54, 1.807) is 6.20 Å². The molecule has 0 radical (unpaired) electrons. The lowest BCUT2D eigenvalue weighted by molar-refractivity contribution is -0.121. The largest absolute Gasteiger partial charge is 0.354 e. The lowest BCUT2D eigenvalue weighted by atomic mass is 9.87. The summed E-state index contributed by atoms with van der Waals surface area (Å²) in [6.45, 7) is 7.29. The molecule has 0 aromatic carbocycles. The molecule has 2 heterocycles. The van der Waals surface area contributed by atoms with Gasteiger partial charge in [0.05, 0.1) is 12.6 Å². The first kappa shape index (κ1) is 12.0. The molecular weight excluding hydrogens is 216 g/mol. The monoisotopic (exact) mass is 234 g/mol. The molecule has 1 fully saturated rings. The molecule has 0 spiro atoms. The Morgan fingerprint density at radius 1 is 1.59 bits per heavy atom. The number of rotatable bonds is 3. The van der Waals surface area contributed by atoms with Crippen molar-refractivity contribution in [3.63, 3.8) is 0 Å². The van der Waals surface area contributed by atoms with E-state index in [0.29, 0.717) is 13.1 Å². The van der Waals surface area contributed by atoms with Crippen molar-refractivity contribution in [1.82, 2.24) is 20.6 Å². The van der Waals surface area contributed by atoms with Crippen molar-refractivity contribution in [1.29, 1.82) is 0 Å². The van der Waals surface area contributed by atoms with Crippen LogP contribution in [-0.2, 0) is 11.3 Å². The Hall–Kier alpha value is -1.49. The number of carbonyl (C=O) groups excluding carboxylic acids is 1. The Morgan fingerprint density at radius 3 is 2.94 bits per heavy atom. The smallest absolute Gasteiger partial charge is 0.237 e. The Balaban J connectivity index is 2.00. The van der Waals surface area contributed by atoms with Gasteiger partial charge in [-0.1, -0.05) is 13.8 Å². The highest BCUT2D eigenvalue weighted by Gasteiger charge is 2.40. The van der Waals surface area contributed by atoms with Crippen LogP contribution in [0.4, 0.5) is 0 Å². The SMILES string of the molecule is Cc1ccnc(CNC2C(=O)NCC2(C)C)n1. The third-order valence-corrected chi connectivity index (χ3v) is 3.07. The number of aromatic nitrogens is 2. The van der Waals surface area contributed by atoms with Crippen LogP contribution in [0, 0.1) is 12.3 Å². The fraction of sp³-hybridized carbons (Fsp3) is 0.583. The number of hydrogen-bond donors (Lipinski definition) is 2. The molecule has 1 saturated heterocycles. The summed E-state index contributed by atoms with van der Waals surface area (Å²) in [4.78, 5) is 20.1. The number of amides is 1. The van der Waals surface area contributed by atoms with E-state index in [1.807, 2.05) is 13.0 Å². The van der Waals surface area contributed by atoms with E-state index in [-0.39, 0.29) is 17.4 Å². The summed E-state index contributed by atoms with van der Waals surface area (Å²) < 4.78 is 0. The van der Waals surface area contributed by atoms with E-state index in [0.717, 1.165) is 11.5 Å². The van der Waals surface area contributed by atoms with E-state index in [9.17, 15) is 4.79 Å². The summed E-state index contributed by atoms with van der Waals surface area (Å²) in [6, 6.07) is 1.68. The molecule has 0 aliphatic carbocycles. The van der Waals surface area contributed by atoms with Crippen LogP contribution in [0.1, 0.15) is 25.4 Å². The van der Waals surface area contributed by atoms with Gasteiger partial charge in [-0.2, -0.15) is 0 Å². The van der Waals surface area contributed by atoms with E-state index >= 15 is 0 Å². The zero-order valence-electron chi connectivity index (χ0n) is 10.4. The molecule has 1 aromatic heterocycles. The third-order valence-electron chi connectivity index (χ3n) is 3.07. The van der Waals surface area contributed by atoms with Crippen LogP contribution >= 0.6 is 0 Å². The first-order chi connectivity index (χ1) is 7.99. The highest BCUT2D eigenvalue weighted by molar-refractivity contribution is 5.85. The van der Waals surface area contributed by atoms with Crippen LogP contribution < -0.4 is 10.6 Å². The molecule has 1 atom stereocenters. The summed E-state index contributed by atoms with van der Waals surface area (Å²) in [6.07, 6.45) is 1.74. The second-order valence-electron chi connectivity index (χ2n) is 5.13. The molecule has 2 rings (SSSR count). The first-order valence-electron chi connectivity index (χ1n) is 5.79. The van der Waals surface area contributed by atoms with E-state index < -0.39 is 0 Å². The molecule has 5 heteroatoms. The van der Waals surface area contributed by atoms with Gasteiger partial charge in [-0.15, -0.1) is 0 Å². The minimum Gasteiger partial charge on any atom is -0.354 e. The Bertz CT molecular complexity index is 430. The van der Waals surface area contributed by atoms with Crippen molar-refractivity contribution in [2.24, 2.45) is 5.41 Å². The highest BCUT2D eigenvalue weighted by atomic mass is 16.2. The third kappa shape index (κ3) is 2.61. The lowest BCUT2D eigenvalue weighted by Gasteiger charge is -2.24. The summed E-state index contributed by atoms with van der Waals surface area (Å²) in [5, 5.41) is 6.09. The molecule has 5 nitrogen and oxygen atoms in total. The average molecular weight is 234 g/mol. The number of aryl methyl sites for hydroxylation is 1. The average Bonchev–Trinajstić information content (AvgIpc) is 2.51. The zero-order chi connectivity index (χ0) is 12.5. The molecule has 1 aromatic rings. The normalized spacial score (nSPS) is 22.5. The summed E-state index contributed by atoms with van der Waals surface area (Å²) in [5.41, 5.74) is 0.868. The maximum absolute atomic E-state index is 11.7. The molecule has 0 bridgehead atoms. The quantitative estimate of drug-likeness (QED) is 0.794. The second kappa shape index (κ2) is 4.41. The van der Waals surface area contributed by atoms with Gasteiger partial charge in [-0.05, 0) is 13.0 Å². The summed E-state index contributed by atoms with van der Waals surface area (Å²) >= 11 is 0. The Labute approximate surface area is 101 Å². The molecule has 1 amide bonds. The van der Waals surface area contributed by atoms with Gasteiger partial charge in [0, 0.05) is 23.9 Å². The number of nitrogens with one attached hydrogen (secondary N) is 2. The van der Waals surface area contributed by atoms with Gasteiger partial charge in [0.25, 0.3) is 0 Å². The number of nitrogens with zero attached hydrogens (tertiary/aromatic N) is 2. The van der Waals surface area contributed by atoms with E-state index in [2.05, 4.69) is 34.4 Å². The molecule has 17 heavy (non-hydrogen) atoms. The predicted octanol–water partition coefficient (Wildman–Crippen LogP) is 0.399. The van der Waals surface area contributed by atoms with Gasteiger partial charge in [0.15, 0.2) is 0 Å². The fourth-order valence-corrected chi connectivity index (χ4v) is 2.02. The van der Waals surface area contributed by atoms with Crippen LogP contribution in [-0.4, -0.2) is 28.5 Å². The Morgan fingerprint density at radius 2 is 2.35 bits per heavy atom. The summed E-state index contributed by atoms with van der Waals surface area (Å²) in [5.74, 6) is 0.781. The first-order valence-corrected chi connectivity index (χ1v) is 5.79. The zero-order valence-corrected chi connectivity index (χ0v) is 10.4. The highest BCUT2D eigenvalue weighted by Crippen LogP contribution is 2.24. The molecule has 92 valence electrons. The van der Waals surface area contributed by atoms with Crippen molar-refractivity contribution in [2.45, 2.75) is 33.4 Å². The van der Waals surface area contributed by atoms with Gasteiger partial charge in [0.2, 0.25) is 5.91 Å². The maximum Gasteiger partial charge on any atom is 0.237 e. The molecule has 2 N–H and O–H groups in total. The standard InChI is InChI=1S/C12H18N4O/c1-8-4-5-13-9(16-8)6-14-10-11(17)15-7-12(10,2)3/h4-5,10,14H,6-7H2,1-3H3,(H,15,17). The molecule has 1 aliphatic rings. The van der Waals surface area contributed by atoms with E-state index in [1.165, 1.54) is 0 Å². The van der Waals surface area contributed by atoms with Crippen LogP contribution in [0.2, 0.25) is 0 Å². The second-order valence-corrected chi connectivity index (χ2v) is 5.13. The van der Waals surface area contributed by atoms with Crippen LogP contribution in [0.3, 0.4) is 0 Å². The fourth-order valence-electron chi connectivity index (χ4n) is 2.02. The van der Waals surface area contributed by atoms with Gasteiger partial charge in [0.1, 0.15) is 5.82 Å². The minimum atomic E-state index is -0.174. The molecule has 1 aliphatic heterocycles. The van der Waals surface area contributed by atoms with Crippen molar-refractivity contribution < 1.29 is 4.79 Å². The van der Waals surface area contributed by atoms with Crippen LogP contribution in [0.25, 0.3) is 0 Å². The van der Waals surface area contributed by atoms with Crippen molar-refractivity contribution in [3.8, 4) is 0 Å². The predicted molar refractivity (Wildman–Crippen MR) is 64.2 cm³/mol. The van der Waals surface area contributed by atoms with Crippen LogP contribution in [0.15, 0.2) is 12.3 Å². The van der Waals surface area contributed by atoms with Crippen molar-refractivity contribution >= 4 is 5.91 Å². The molecular formula is C12H18N4O. The topological polar surface area (TPSA) is 66.9 Å². The Kier molecular flexibility index (Phi) is 3.11. The van der Waals surface area contributed by atoms with Gasteiger partial charge < -0.3 is 5.32 Å². The van der Waals surface area contributed by atoms with E-state index in [4.69, 9.17) is 0 Å². The minimum absolute atomic E-state index is 0.0580. The maximum atomic E-state index is 11.7.